The number of nitrogens with one attached hydrogen (secondary N) is 1. The average molecular weight is 366 g/mol. The fraction of sp³-hybridized carbons (Fsp3) is 0.294. The summed E-state index contributed by atoms with van der Waals surface area (Å²) in [5.74, 6) is -2.75. The number of sulfonamides is 1. The van der Waals surface area contributed by atoms with Crippen LogP contribution in [0.25, 0.3) is 6.08 Å². The average Bonchev–Trinajstić information content (AvgIpc) is 2.58. The van der Waals surface area contributed by atoms with Gasteiger partial charge in [0.15, 0.2) is 0 Å². The Kier molecular flexibility index (Phi) is 8.03. The minimum Gasteiger partial charge on any atom is -0.395 e. The van der Waals surface area contributed by atoms with Crippen molar-refractivity contribution >= 4 is 27.9 Å². The number of benzene rings is 1. The molecule has 25 heavy (non-hydrogen) atoms. The van der Waals surface area contributed by atoms with Crippen molar-refractivity contribution in [1.29, 1.82) is 0 Å². The zero-order valence-electron chi connectivity index (χ0n) is 14.0. The van der Waals surface area contributed by atoms with Gasteiger partial charge in [0, 0.05) is 13.6 Å². The second kappa shape index (κ2) is 9.75. The highest BCUT2D eigenvalue weighted by Crippen LogP contribution is 2.10. The van der Waals surface area contributed by atoms with Crippen LogP contribution >= 0.6 is 0 Å². The summed E-state index contributed by atoms with van der Waals surface area (Å²) in [5, 5.41) is 9.75. The number of hydrogen-bond acceptors (Lipinski definition) is 5. The molecule has 2 N–H and O–H groups in total. The van der Waals surface area contributed by atoms with E-state index in [-0.39, 0.29) is 19.6 Å². The lowest BCUT2D eigenvalue weighted by atomic mass is 10.0. The molecule has 0 aromatic heterocycles. The van der Waals surface area contributed by atoms with Crippen LogP contribution in [0.2, 0.25) is 0 Å². The third kappa shape index (κ3) is 6.90. The van der Waals surface area contributed by atoms with Crippen LogP contribution in [0.15, 0.2) is 48.4 Å². The topological polar surface area (TPSA) is 104 Å². The number of aliphatic hydroxyl groups is 1. The minimum absolute atomic E-state index is 0.0155. The maximum atomic E-state index is 12.2. The van der Waals surface area contributed by atoms with Gasteiger partial charge in [-0.25, -0.2) is 13.1 Å². The van der Waals surface area contributed by atoms with Crippen molar-refractivity contribution < 1.29 is 23.1 Å². The van der Waals surface area contributed by atoms with E-state index in [1.54, 1.807) is 30.3 Å². The molecule has 0 radical (unpaired) electrons. The summed E-state index contributed by atoms with van der Waals surface area (Å²) in [7, 11) is -2.63. The van der Waals surface area contributed by atoms with E-state index in [2.05, 4.69) is 6.58 Å². The van der Waals surface area contributed by atoms with Gasteiger partial charge in [0.1, 0.15) is 5.92 Å². The van der Waals surface area contributed by atoms with E-state index < -0.39 is 27.8 Å². The lowest BCUT2D eigenvalue weighted by Crippen LogP contribution is -2.44. The Morgan fingerprint density at radius 2 is 1.96 bits per heavy atom. The van der Waals surface area contributed by atoms with Gasteiger partial charge in [-0.2, -0.15) is 0 Å². The normalized spacial score (nSPS) is 12.6. The number of aliphatic hydroxyl groups excluding tert-OH is 1. The van der Waals surface area contributed by atoms with Gasteiger partial charge < -0.3 is 10.0 Å². The Morgan fingerprint density at radius 1 is 1.32 bits per heavy atom. The zero-order valence-corrected chi connectivity index (χ0v) is 14.8. The van der Waals surface area contributed by atoms with E-state index in [0.29, 0.717) is 5.56 Å². The molecular formula is C17H22N2O5S. The Morgan fingerprint density at radius 3 is 2.52 bits per heavy atom. The number of nitrogens with zero attached hydrogens (tertiary/aromatic N) is 1. The number of amides is 2. The Labute approximate surface area is 147 Å². The number of hydrogen-bond donors (Lipinski definition) is 2. The van der Waals surface area contributed by atoms with E-state index in [9.17, 15) is 18.0 Å². The molecule has 0 saturated heterocycles. The minimum atomic E-state index is -4.05. The molecule has 2 amide bonds. The van der Waals surface area contributed by atoms with E-state index >= 15 is 0 Å². The van der Waals surface area contributed by atoms with Crippen LogP contribution in [0.1, 0.15) is 12.0 Å². The molecule has 8 heteroatoms. The van der Waals surface area contributed by atoms with E-state index in [4.69, 9.17) is 5.11 Å². The lowest BCUT2D eigenvalue weighted by Gasteiger charge is -2.21. The first-order valence-corrected chi connectivity index (χ1v) is 9.12. The van der Waals surface area contributed by atoms with Crippen molar-refractivity contribution in [1.82, 2.24) is 9.62 Å². The van der Waals surface area contributed by atoms with Gasteiger partial charge >= 0.3 is 0 Å². The molecule has 1 aromatic carbocycles. The summed E-state index contributed by atoms with van der Waals surface area (Å²) in [6, 6.07) is 8.72. The second-order valence-corrected chi connectivity index (χ2v) is 6.85. The molecule has 0 aliphatic rings. The van der Waals surface area contributed by atoms with Crippen LogP contribution in [-0.2, 0) is 19.6 Å². The number of likely N-dealkylation sites (N-methyl/N-ethyl adjacent to an activating group) is 1. The summed E-state index contributed by atoms with van der Waals surface area (Å²) in [4.78, 5) is 25.6. The third-order valence-electron chi connectivity index (χ3n) is 3.31. The highest BCUT2D eigenvalue weighted by atomic mass is 32.2. The molecule has 1 atom stereocenters. The second-order valence-electron chi connectivity index (χ2n) is 5.29. The molecule has 0 heterocycles. The van der Waals surface area contributed by atoms with E-state index in [0.717, 1.165) is 5.41 Å². The molecule has 0 saturated carbocycles. The predicted molar refractivity (Wildman–Crippen MR) is 95.6 cm³/mol. The van der Waals surface area contributed by atoms with Crippen molar-refractivity contribution in [3.8, 4) is 0 Å². The van der Waals surface area contributed by atoms with E-state index in [1.165, 1.54) is 24.1 Å². The molecule has 1 aromatic rings. The van der Waals surface area contributed by atoms with Crippen molar-refractivity contribution in [3.63, 3.8) is 0 Å². The number of rotatable bonds is 9. The van der Waals surface area contributed by atoms with Gasteiger partial charge in [0.05, 0.1) is 12.0 Å². The Bertz CT molecular complexity index is 729. The highest BCUT2D eigenvalue weighted by Gasteiger charge is 2.30. The van der Waals surface area contributed by atoms with Crippen molar-refractivity contribution in [2.24, 2.45) is 5.92 Å². The molecule has 136 valence electrons. The zero-order chi connectivity index (χ0) is 18.9. The van der Waals surface area contributed by atoms with Crippen LogP contribution in [0, 0.1) is 5.92 Å². The van der Waals surface area contributed by atoms with Crippen molar-refractivity contribution in [2.45, 2.75) is 6.42 Å². The first-order valence-electron chi connectivity index (χ1n) is 7.57. The molecule has 0 fully saturated rings. The van der Waals surface area contributed by atoms with Crippen molar-refractivity contribution in [2.75, 3.05) is 20.2 Å². The molecule has 0 bridgehead atoms. The molecule has 1 unspecified atom stereocenters. The SMILES string of the molecule is C=CCC(C(=O)NS(=O)(=O)C=Cc1ccccc1)C(=O)N(C)CCO. The largest absolute Gasteiger partial charge is 0.395 e. The highest BCUT2D eigenvalue weighted by molar-refractivity contribution is 7.93. The monoisotopic (exact) mass is 366 g/mol. The first-order chi connectivity index (χ1) is 11.8. The van der Waals surface area contributed by atoms with Gasteiger partial charge in [-0.3, -0.25) is 9.59 Å². The number of allylic oxidation sites excluding steroid dienone is 1. The maximum Gasteiger partial charge on any atom is 0.257 e. The summed E-state index contributed by atoms with van der Waals surface area (Å²) in [5.41, 5.74) is 0.654. The van der Waals surface area contributed by atoms with Crippen LogP contribution in [0.3, 0.4) is 0 Å². The van der Waals surface area contributed by atoms with Gasteiger partial charge in [0.25, 0.3) is 10.0 Å². The van der Waals surface area contributed by atoms with Gasteiger partial charge in [0.2, 0.25) is 11.8 Å². The lowest BCUT2D eigenvalue weighted by molar-refractivity contribution is -0.140. The molecule has 7 nitrogen and oxygen atoms in total. The third-order valence-corrected chi connectivity index (χ3v) is 4.29. The molecule has 0 aliphatic carbocycles. The van der Waals surface area contributed by atoms with Gasteiger partial charge in [-0.1, -0.05) is 36.4 Å². The Balaban J connectivity index is 2.86. The van der Waals surface area contributed by atoms with Crippen LogP contribution in [-0.4, -0.2) is 50.4 Å². The summed E-state index contributed by atoms with van der Waals surface area (Å²) in [6.45, 7) is 3.26. The fourth-order valence-corrected chi connectivity index (χ4v) is 2.82. The van der Waals surface area contributed by atoms with E-state index in [1.807, 2.05) is 4.72 Å². The van der Waals surface area contributed by atoms with Crippen LogP contribution in [0.4, 0.5) is 0 Å². The summed E-state index contributed by atoms with van der Waals surface area (Å²) in [6.07, 6.45) is 2.69. The first kappa shape index (κ1) is 20.6. The summed E-state index contributed by atoms with van der Waals surface area (Å²) < 4.78 is 25.9. The molecule has 0 spiro atoms. The maximum absolute atomic E-state index is 12.2. The van der Waals surface area contributed by atoms with Crippen molar-refractivity contribution in [3.05, 3.63) is 54.0 Å². The Hall–Kier alpha value is -2.45. The molecule has 1 rings (SSSR count). The molecule has 0 aliphatic heterocycles. The number of carbonyl (C=O) groups is 2. The standard InChI is InChI=1S/C17H22N2O5S/c1-3-7-15(17(22)19(2)11-12-20)16(21)18-25(23,24)13-10-14-8-5-4-6-9-14/h3-6,8-10,13,15,20H,1,7,11-12H2,2H3,(H,18,21). The van der Waals surface area contributed by atoms with Gasteiger partial charge in [-0.05, 0) is 18.1 Å². The number of carbonyl (C=O) groups excluding carboxylic acids is 2. The quantitative estimate of drug-likeness (QED) is 0.496. The van der Waals surface area contributed by atoms with Crippen LogP contribution in [0.5, 0.6) is 0 Å². The fourth-order valence-electron chi connectivity index (χ4n) is 1.99. The molecular weight excluding hydrogens is 344 g/mol. The predicted octanol–water partition coefficient (Wildman–Crippen LogP) is 0.746. The van der Waals surface area contributed by atoms with Gasteiger partial charge in [-0.15, -0.1) is 6.58 Å². The smallest absolute Gasteiger partial charge is 0.257 e. The van der Waals surface area contributed by atoms with Crippen LogP contribution < -0.4 is 4.72 Å². The summed E-state index contributed by atoms with van der Waals surface area (Å²) >= 11 is 0.